The van der Waals surface area contributed by atoms with Crippen LogP contribution in [0.15, 0.2) is 52.2 Å². The summed E-state index contributed by atoms with van der Waals surface area (Å²) >= 11 is 0.932. The summed E-state index contributed by atoms with van der Waals surface area (Å²) in [6.45, 7) is 0.0783. The molecule has 0 bridgehead atoms. The molecule has 1 aromatic carbocycles. The maximum Gasteiger partial charge on any atom is 0.329 e. The molecule has 2 atom stereocenters. The zero-order valence-electron chi connectivity index (χ0n) is 11.9. The Morgan fingerprint density at radius 1 is 1.26 bits per heavy atom. The van der Waals surface area contributed by atoms with Crippen LogP contribution in [0.4, 0.5) is 8.78 Å². The number of benzene rings is 1. The largest absolute Gasteiger partial charge is 0.366 e. The van der Waals surface area contributed by atoms with Crippen LogP contribution in [0.1, 0.15) is 10.9 Å². The van der Waals surface area contributed by atoms with Gasteiger partial charge in [0.15, 0.2) is 5.37 Å². The molecule has 3 rings (SSSR count). The third kappa shape index (κ3) is 3.23. The Balaban J connectivity index is 1.76. The topological polar surface area (TPSA) is 64.1 Å². The molecule has 23 heavy (non-hydrogen) atoms. The normalized spacial score (nSPS) is 23.0. The van der Waals surface area contributed by atoms with E-state index in [9.17, 15) is 18.4 Å². The van der Waals surface area contributed by atoms with Crippen LogP contribution in [0, 0.1) is 0 Å². The lowest BCUT2D eigenvalue weighted by atomic mass is 10.2. The van der Waals surface area contributed by atoms with Gasteiger partial charge in [-0.05, 0) is 5.56 Å². The number of hydrogen-bond acceptors (Lipinski definition) is 4. The first-order valence-electron chi connectivity index (χ1n) is 6.95. The fourth-order valence-electron chi connectivity index (χ4n) is 2.37. The number of thioether (sulfide) groups is 1. The van der Waals surface area contributed by atoms with Gasteiger partial charge in [0.1, 0.15) is 6.10 Å². The van der Waals surface area contributed by atoms with E-state index in [1.807, 2.05) is 23.2 Å². The minimum absolute atomic E-state index is 0.0655. The number of aromatic nitrogens is 2. The lowest BCUT2D eigenvalue weighted by Crippen LogP contribution is -2.41. The lowest BCUT2D eigenvalue weighted by Gasteiger charge is -2.24. The summed E-state index contributed by atoms with van der Waals surface area (Å²) < 4.78 is 35.3. The highest BCUT2D eigenvalue weighted by Gasteiger charge is 2.55. The summed E-state index contributed by atoms with van der Waals surface area (Å²) in [4.78, 5) is 24.8. The molecule has 8 heteroatoms. The number of halogens is 2. The van der Waals surface area contributed by atoms with Crippen LogP contribution in [0.2, 0.25) is 0 Å². The molecule has 1 aliphatic rings. The average Bonchev–Trinajstić information content (AvgIpc) is 2.81. The van der Waals surface area contributed by atoms with E-state index in [2.05, 4.69) is 0 Å². The predicted molar refractivity (Wildman–Crippen MR) is 82.8 cm³/mol. The molecule has 122 valence electrons. The monoisotopic (exact) mass is 340 g/mol. The zero-order chi connectivity index (χ0) is 16.4. The van der Waals surface area contributed by atoms with Gasteiger partial charge in [0.05, 0.1) is 6.61 Å². The molecule has 1 fully saturated rings. The number of aromatic amines is 1. The van der Waals surface area contributed by atoms with Crippen molar-refractivity contribution >= 4 is 11.8 Å². The highest BCUT2D eigenvalue weighted by molar-refractivity contribution is 7.99. The number of hydrogen-bond donors (Lipinski definition) is 1. The highest BCUT2D eigenvalue weighted by Crippen LogP contribution is 2.48. The summed E-state index contributed by atoms with van der Waals surface area (Å²) in [5, 5.41) is -1.40. The van der Waals surface area contributed by atoms with Crippen molar-refractivity contribution in [2.75, 3.05) is 5.75 Å². The van der Waals surface area contributed by atoms with E-state index in [-0.39, 0.29) is 12.4 Å². The number of ether oxygens (including phenoxy) is 1. The summed E-state index contributed by atoms with van der Waals surface area (Å²) in [5.74, 6) is -3.16. The van der Waals surface area contributed by atoms with E-state index in [1.54, 1.807) is 12.1 Å². The van der Waals surface area contributed by atoms with Crippen molar-refractivity contribution < 1.29 is 13.5 Å². The van der Waals surface area contributed by atoms with E-state index in [1.165, 1.54) is 0 Å². The molecular formula is C15H14F2N2O3S. The fourth-order valence-corrected chi connectivity index (χ4v) is 3.74. The number of alkyl halides is 2. The predicted octanol–water partition coefficient (Wildman–Crippen LogP) is 2.00. The first-order valence-corrected chi connectivity index (χ1v) is 8.00. The molecular weight excluding hydrogens is 326 g/mol. The van der Waals surface area contributed by atoms with Crippen LogP contribution in [0.25, 0.3) is 0 Å². The van der Waals surface area contributed by atoms with Gasteiger partial charge in [0.25, 0.3) is 5.56 Å². The highest BCUT2D eigenvalue weighted by atomic mass is 32.2. The van der Waals surface area contributed by atoms with Gasteiger partial charge in [-0.25, -0.2) is 13.6 Å². The standard InChI is InChI=1S/C15H14F2N2O3S/c16-15(17)11(22-8-10-4-2-1-3-5-10)9-23-13(15)19-7-6-12(20)18-14(19)21/h1-7,11,13H,8-9H2,(H,18,20,21)/t11-,13+/m1/s1. The Morgan fingerprint density at radius 3 is 2.70 bits per heavy atom. The van der Waals surface area contributed by atoms with Crippen LogP contribution in [0.5, 0.6) is 0 Å². The van der Waals surface area contributed by atoms with Gasteiger partial charge < -0.3 is 4.74 Å². The number of nitrogens with one attached hydrogen (secondary N) is 1. The van der Waals surface area contributed by atoms with Gasteiger partial charge in [-0.3, -0.25) is 14.3 Å². The van der Waals surface area contributed by atoms with E-state index in [0.717, 1.165) is 34.2 Å². The SMILES string of the molecule is O=c1ccn([C@H]2SC[C@@H](OCc3ccccc3)C2(F)F)c(=O)[nH]1. The smallest absolute Gasteiger partial charge is 0.329 e. The summed E-state index contributed by atoms with van der Waals surface area (Å²) in [6.07, 6.45) is -0.205. The van der Waals surface area contributed by atoms with Gasteiger partial charge in [-0.2, -0.15) is 0 Å². The van der Waals surface area contributed by atoms with Crippen LogP contribution in [-0.4, -0.2) is 27.3 Å². The fraction of sp³-hybridized carbons (Fsp3) is 0.333. The summed E-state index contributed by atoms with van der Waals surface area (Å²) in [5.41, 5.74) is -0.661. The Kier molecular flexibility index (Phi) is 4.36. The van der Waals surface area contributed by atoms with Crippen molar-refractivity contribution in [2.45, 2.75) is 24.0 Å². The second-order valence-corrected chi connectivity index (χ2v) is 6.28. The molecule has 2 heterocycles. The van der Waals surface area contributed by atoms with Gasteiger partial charge in [-0.1, -0.05) is 30.3 Å². The molecule has 2 aromatic rings. The second kappa shape index (κ2) is 6.29. The number of rotatable bonds is 4. The van der Waals surface area contributed by atoms with Crippen LogP contribution >= 0.6 is 11.8 Å². The van der Waals surface area contributed by atoms with E-state index >= 15 is 0 Å². The Labute approximate surface area is 134 Å². The molecule has 1 aromatic heterocycles. The first kappa shape index (κ1) is 15.9. The van der Waals surface area contributed by atoms with Crippen LogP contribution < -0.4 is 11.2 Å². The molecule has 1 N–H and O–H groups in total. The summed E-state index contributed by atoms with van der Waals surface area (Å²) in [7, 11) is 0. The van der Waals surface area contributed by atoms with Crippen molar-refractivity contribution in [3.8, 4) is 0 Å². The van der Waals surface area contributed by atoms with Crippen LogP contribution in [0.3, 0.4) is 0 Å². The van der Waals surface area contributed by atoms with E-state index in [4.69, 9.17) is 4.74 Å². The Hall–Kier alpha value is -1.93. The van der Waals surface area contributed by atoms with Crippen molar-refractivity contribution in [1.29, 1.82) is 0 Å². The third-order valence-corrected chi connectivity index (χ3v) is 4.91. The quantitative estimate of drug-likeness (QED) is 0.925. The number of nitrogens with zero attached hydrogens (tertiary/aromatic N) is 1. The van der Waals surface area contributed by atoms with Gasteiger partial charge in [0.2, 0.25) is 0 Å². The molecule has 0 aliphatic carbocycles. The Bertz CT molecular complexity index is 791. The van der Waals surface area contributed by atoms with Crippen molar-refractivity contribution in [3.63, 3.8) is 0 Å². The molecule has 1 aliphatic heterocycles. The maximum atomic E-state index is 14.5. The third-order valence-electron chi connectivity index (χ3n) is 3.56. The molecule has 1 saturated heterocycles. The molecule has 0 unspecified atom stereocenters. The maximum absolute atomic E-state index is 14.5. The first-order chi connectivity index (χ1) is 11.0. The van der Waals surface area contributed by atoms with Crippen molar-refractivity contribution in [1.82, 2.24) is 9.55 Å². The van der Waals surface area contributed by atoms with Gasteiger partial charge in [-0.15, -0.1) is 11.8 Å². The van der Waals surface area contributed by atoms with Gasteiger partial charge in [0, 0.05) is 18.0 Å². The minimum Gasteiger partial charge on any atom is -0.366 e. The molecule has 0 amide bonds. The minimum atomic E-state index is -3.22. The second-order valence-electron chi connectivity index (χ2n) is 5.16. The van der Waals surface area contributed by atoms with E-state index in [0.29, 0.717) is 0 Å². The van der Waals surface area contributed by atoms with Gasteiger partial charge >= 0.3 is 11.6 Å². The zero-order valence-corrected chi connectivity index (χ0v) is 12.8. The molecule has 5 nitrogen and oxygen atoms in total. The molecule has 0 radical (unpaired) electrons. The molecule has 0 spiro atoms. The molecule has 0 saturated carbocycles. The van der Waals surface area contributed by atoms with Crippen molar-refractivity contribution in [2.24, 2.45) is 0 Å². The lowest BCUT2D eigenvalue weighted by molar-refractivity contribution is -0.135. The van der Waals surface area contributed by atoms with Crippen LogP contribution in [-0.2, 0) is 11.3 Å². The average molecular weight is 340 g/mol. The Morgan fingerprint density at radius 2 is 2.00 bits per heavy atom. The number of H-pyrrole nitrogens is 1. The van der Waals surface area contributed by atoms with E-state index < -0.39 is 28.6 Å². The summed E-state index contributed by atoms with van der Waals surface area (Å²) in [6, 6.07) is 10.1. The van der Waals surface area contributed by atoms with Crippen molar-refractivity contribution in [3.05, 3.63) is 69.0 Å².